The molecule has 5 heteroatoms. The molecule has 4 rings (SSSR count). The zero-order chi connectivity index (χ0) is 18.3. The van der Waals surface area contributed by atoms with Crippen LogP contribution in [0.25, 0.3) is 0 Å². The van der Waals surface area contributed by atoms with Crippen LogP contribution in [0.1, 0.15) is 18.9 Å². The van der Waals surface area contributed by atoms with Crippen molar-refractivity contribution in [1.82, 2.24) is 0 Å². The number of ether oxygens (including phenoxy) is 4. The van der Waals surface area contributed by atoms with E-state index in [2.05, 4.69) is 13.5 Å². The Hall–Kier alpha value is -2.69. The predicted molar refractivity (Wildman–Crippen MR) is 95.7 cm³/mol. The lowest BCUT2D eigenvalue weighted by Gasteiger charge is -2.31. The minimum absolute atomic E-state index is 0.0539. The van der Waals surface area contributed by atoms with E-state index in [0.29, 0.717) is 17.9 Å². The molecule has 0 saturated carbocycles. The van der Waals surface area contributed by atoms with Crippen molar-refractivity contribution in [2.45, 2.75) is 25.9 Å². The highest BCUT2D eigenvalue weighted by molar-refractivity contribution is 6.04. The Morgan fingerprint density at radius 3 is 2.92 bits per heavy atom. The molecule has 1 aliphatic carbocycles. The van der Waals surface area contributed by atoms with E-state index < -0.39 is 0 Å². The van der Waals surface area contributed by atoms with Gasteiger partial charge in [-0.05, 0) is 30.2 Å². The molecule has 0 amide bonds. The fourth-order valence-electron chi connectivity index (χ4n) is 4.06. The molecule has 1 aromatic rings. The summed E-state index contributed by atoms with van der Waals surface area (Å²) in [6.45, 7) is 6.31. The highest BCUT2D eigenvalue weighted by Crippen LogP contribution is 2.53. The number of fused-ring (bicyclic) bond motifs is 2. The normalized spacial score (nSPS) is 28.8. The second-order valence-electron chi connectivity index (χ2n) is 6.96. The number of rotatable bonds is 5. The lowest BCUT2D eigenvalue weighted by molar-refractivity contribution is -0.114. The van der Waals surface area contributed by atoms with Gasteiger partial charge in [-0.3, -0.25) is 4.79 Å². The standard InChI is InChI=1S/C21H22O5/c1-4-7-21-11-19(23-3)15(22)10-20(21)26-17(13(21)2)8-14-5-6-16-18(9-14)25-12-24-16/h4-6,9-11,13,17H,1,7-8,12H2,2-3H3/t13-,17-,21+/m0/s1. The van der Waals surface area contributed by atoms with Gasteiger partial charge in [0.1, 0.15) is 11.9 Å². The van der Waals surface area contributed by atoms with Gasteiger partial charge in [-0.25, -0.2) is 0 Å². The Morgan fingerprint density at radius 2 is 2.15 bits per heavy atom. The van der Waals surface area contributed by atoms with Gasteiger partial charge in [0.25, 0.3) is 0 Å². The molecule has 0 N–H and O–H groups in total. The molecule has 1 aromatic carbocycles. The number of carbonyl (C=O) groups excluding carboxylic acids is 1. The predicted octanol–water partition coefficient (Wildman–Crippen LogP) is 3.55. The first kappa shape index (κ1) is 16.8. The third-order valence-electron chi connectivity index (χ3n) is 5.58. The highest BCUT2D eigenvalue weighted by atomic mass is 16.7. The maximum absolute atomic E-state index is 12.2. The largest absolute Gasteiger partial charge is 0.493 e. The SMILES string of the molecule is C=CC[C@]12C=C(OC)C(=O)C=C1O[C@@H](Cc1ccc3c(c1)OCO3)[C@@H]2C. The highest BCUT2D eigenvalue weighted by Gasteiger charge is 2.52. The maximum atomic E-state index is 12.2. The van der Waals surface area contributed by atoms with Crippen molar-refractivity contribution in [2.24, 2.45) is 11.3 Å². The van der Waals surface area contributed by atoms with E-state index in [1.54, 1.807) is 6.08 Å². The van der Waals surface area contributed by atoms with Crippen molar-refractivity contribution < 1.29 is 23.7 Å². The van der Waals surface area contributed by atoms with Gasteiger partial charge in [0.15, 0.2) is 17.3 Å². The van der Waals surface area contributed by atoms with E-state index >= 15 is 0 Å². The molecule has 0 bridgehead atoms. The molecule has 5 nitrogen and oxygen atoms in total. The van der Waals surface area contributed by atoms with Gasteiger partial charge in [-0.1, -0.05) is 19.1 Å². The average molecular weight is 354 g/mol. The van der Waals surface area contributed by atoms with Crippen LogP contribution in [0.15, 0.2) is 54.5 Å². The van der Waals surface area contributed by atoms with Crippen LogP contribution in [-0.4, -0.2) is 25.8 Å². The van der Waals surface area contributed by atoms with E-state index in [1.165, 1.54) is 7.11 Å². The number of allylic oxidation sites excluding steroid dienone is 3. The fourth-order valence-corrected chi connectivity index (χ4v) is 4.06. The molecule has 26 heavy (non-hydrogen) atoms. The van der Waals surface area contributed by atoms with E-state index in [1.807, 2.05) is 30.4 Å². The first-order valence-corrected chi connectivity index (χ1v) is 8.77. The van der Waals surface area contributed by atoms with Crippen LogP contribution in [-0.2, 0) is 20.7 Å². The van der Waals surface area contributed by atoms with Crippen molar-refractivity contribution in [3.63, 3.8) is 0 Å². The molecular weight excluding hydrogens is 332 g/mol. The van der Waals surface area contributed by atoms with Gasteiger partial charge in [-0.2, -0.15) is 0 Å². The Kier molecular flexibility index (Phi) is 4.02. The number of hydrogen-bond acceptors (Lipinski definition) is 5. The van der Waals surface area contributed by atoms with E-state index in [-0.39, 0.29) is 30.0 Å². The maximum Gasteiger partial charge on any atom is 0.231 e. The Labute approximate surface area is 152 Å². The van der Waals surface area contributed by atoms with Gasteiger partial charge in [-0.15, -0.1) is 6.58 Å². The monoisotopic (exact) mass is 354 g/mol. The van der Waals surface area contributed by atoms with Crippen molar-refractivity contribution in [2.75, 3.05) is 13.9 Å². The van der Waals surface area contributed by atoms with Gasteiger partial charge in [0.05, 0.1) is 12.5 Å². The summed E-state index contributed by atoms with van der Waals surface area (Å²) in [5.74, 6) is 2.62. The smallest absolute Gasteiger partial charge is 0.231 e. The third-order valence-corrected chi connectivity index (χ3v) is 5.58. The summed E-state index contributed by atoms with van der Waals surface area (Å²) >= 11 is 0. The van der Waals surface area contributed by atoms with Gasteiger partial charge in [0.2, 0.25) is 12.6 Å². The molecule has 0 radical (unpaired) electrons. The van der Waals surface area contributed by atoms with E-state index in [0.717, 1.165) is 23.5 Å². The quantitative estimate of drug-likeness (QED) is 0.757. The van der Waals surface area contributed by atoms with Crippen LogP contribution in [0.5, 0.6) is 11.5 Å². The molecule has 0 spiro atoms. The van der Waals surface area contributed by atoms with Gasteiger partial charge >= 0.3 is 0 Å². The molecule has 0 unspecified atom stereocenters. The van der Waals surface area contributed by atoms with Crippen molar-refractivity contribution in [1.29, 1.82) is 0 Å². The van der Waals surface area contributed by atoms with Crippen molar-refractivity contribution >= 4 is 5.78 Å². The summed E-state index contributed by atoms with van der Waals surface area (Å²) in [6, 6.07) is 5.95. The minimum atomic E-state index is -0.387. The fraction of sp³-hybridized carbons (Fsp3) is 0.381. The summed E-state index contributed by atoms with van der Waals surface area (Å²) < 4.78 is 22.4. The first-order chi connectivity index (χ1) is 12.6. The van der Waals surface area contributed by atoms with Crippen LogP contribution < -0.4 is 9.47 Å². The molecular formula is C21H22O5. The van der Waals surface area contributed by atoms with Crippen molar-refractivity contribution in [3.8, 4) is 11.5 Å². The average Bonchev–Trinajstić information content (AvgIpc) is 3.19. The van der Waals surface area contributed by atoms with E-state index in [4.69, 9.17) is 18.9 Å². The van der Waals surface area contributed by atoms with Crippen LogP contribution in [0.3, 0.4) is 0 Å². The zero-order valence-electron chi connectivity index (χ0n) is 15.0. The molecule has 1 saturated heterocycles. The van der Waals surface area contributed by atoms with E-state index in [9.17, 15) is 4.79 Å². The van der Waals surface area contributed by atoms with Crippen LogP contribution in [0.4, 0.5) is 0 Å². The number of ketones is 1. The summed E-state index contributed by atoms with van der Waals surface area (Å²) in [6.07, 6.45) is 6.71. The number of hydrogen-bond donors (Lipinski definition) is 0. The topological polar surface area (TPSA) is 54.0 Å². The Morgan fingerprint density at radius 1 is 1.35 bits per heavy atom. The number of methoxy groups -OCH3 is 1. The lowest BCUT2D eigenvalue weighted by atomic mass is 9.69. The second kappa shape index (κ2) is 6.24. The Bertz CT molecular complexity index is 822. The number of carbonyl (C=O) groups is 1. The molecule has 0 aromatic heterocycles. The summed E-state index contributed by atoms with van der Waals surface area (Å²) in [7, 11) is 1.52. The van der Waals surface area contributed by atoms with Crippen LogP contribution in [0.2, 0.25) is 0 Å². The summed E-state index contributed by atoms with van der Waals surface area (Å²) in [4.78, 5) is 12.2. The molecule has 2 aliphatic heterocycles. The summed E-state index contributed by atoms with van der Waals surface area (Å²) in [5, 5.41) is 0. The van der Waals surface area contributed by atoms with Gasteiger partial charge in [0, 0.05) is 18.4 Å². The number of benzene rings is 1. The second-order valence-corrected chi connectivity index (χ2v) is 6.96. The molecule has 3 aliphatic rings. The van der Waals surface area contributed by atoms with Crippen LogP contribution >= 0.6 is 0 Å². The molecule has 2 heterocycles. The van der Waals surface area contributed by atoms with Gasteiger partial charge < -0.3 is 18.9 Å². The lowest BCUT2D eigenvalue weighted by Crippen LogP contribution is -2.31. The minimum Gasteiger partial charge on any atom is -0.493 e. The Balaban J connectivity index is 1.64. The molecule has 1 fully saturated rings. The van der Waals surface area contributed by atoms with Crippen molar-refractivity contribution in [3.05, 3.63) is 60.1 Å². The molecule has 3 atom stereocenters. The summed E-state index contributed by atoms with van der Waals surface area (Å²) in [5.41, 5.74) is 0.725. The zero-order valence-corrected chi connectivity index (χ0v) is 15.0. The first-order valence-electron chi connectivity index (χ1n) is 8.77. The third kappa shape index (κ3) is 2.50. The van der Waals surface area contributed by atoms with Crippen LogP contribution in [0, 0.1) is 11.3 Å². The molecule has 136 valence electrons.